The second kappa shape index (κ2) is 7.13. The van der Waals surface area contributed by atoms with E-state index in [4.69, 9.17) is 5.73 Å². The van der Waals surface area contributed by atoms with Crippen molar-refractivity contribution in [3.05, 3.63) is 58.6 Å². The molecule has 0 unspecified atom stereocenters. The van der Waals surface area contributed by atoms with E-state index in [-0.39, 0.29) is 5.91 Å². The van der Waals surface area contributed by atoms with Crippen molar-refractivity contribution in [1.29, 1.82) is 0 Å². The number of hydrogen-bond donors (Lipinski definition) is 2. The molecule has 0 fully saturated rings. The molecule has 1 amide bonds. The summed E-state index contributed by atoms with van der Waals surface area (Å²) >= 11 is 3.31. The second-order valence-electron chi connectivity index (χ2n) is 4.75. The molecule has 2 aromatic carbocycles. The van der Waals surface area contributed by atoms with E-state index in [1.54, 1.807) is 18.2 Å². The van der Waals surface area contributed by atoms with Gasteiger partial charge in [-0.25, -0.2) is 0 Å². The van der Waals surface area contributed by atoms with Crippen molar-refractivity contribution < 1.29 is 4.79 Å². The first-order valence-corrected chi connectivity index (χ1v) is 7.46. The number of anilines is 2. The molecule has 0 bridgehead atoms. The Hall–Kier alpha value is -2.01. The molecule has 0 radical (unpaired) electrons. The highest BCUT2D eigenvalue weighted by Gasteiger charge is 2.07. The van der Waals surface area contributed by atoms with E-state index in [0.717, 1.165) is 16.7 Å². The van der Waals surface area contributed by atoms with Gasteiger partial charge in [-0.15, -0.1) is 0 Å². The Morgan fingerprint density at radius 3 is 2.62 bits per heavy atom. The van der Waals surface area contributed by atoms with Gasteiger partial charge in [0.15, 0.2) is 0 Å². The average molecular weight is 348 g/mol. The quantitative estimate of drug-likeness (QED) is 0.817. The lowest BCUT2D eigenvalue weighted by Crippen LogP contribution is -2.33. The van der Waals surface area contributed by atoms with Crippen molar-refractivity contribution in [2.75, 3.05) is 30.8 Å². The Morgan fingerprint density at radius 2 is 1.95 bits per heavy atom. The molecular weight excluding hydrogens is 330 g/mol. The molecule has 2 rings (SSSR count). The highest BCUT2D eigenvalue weighted by atomic mass is 79.9. The highest BCUT2D eigenvalue weighted by molar-refractivity contribution is 9.10. The summed E-state index contributed by atoms with van der Waals surface area (Å²) in [7, 11) is 2.00. The van der Waals surface area contributed by atoms with Crippen LogP contribution in [0.1, 0.15) is 10.4 Å². The number of nitrogens with one attached hydrogen (secondary N) is 1. The molecule has 0 aliphatic carbocycles. The van der Waals surface area contributed by atoms with Crippen LogP contribution >= 0.6 is 15.9 Å². The molecule has 5 heteroatoms. The van der Waals surface area contributed by atoms with Crippen molar-refractivity contribution in [3.8, 4) is 0 Å². The SMILES string of the molecule is CN(CCNC(=O)c1ccc(Br)c(N)c1)c1ccccc1. The van der Waals surface area contributed by atoms with Crippen LogP contribution in [-0.4, -0.2) is 26.0 Å². The molecule has 0 atom stereocenters. The maximum absolute atomic E-state index is 12.0. The molecule has 0 aliphatic heterocycles. The molecule has 0 spiro atoms. The van der Waals surface area contributed by atoms with Gasteiger partial charge in [0.2, 0.25) is 0 Å². The average Bonchev–Trinajstić information content (AvgIpc) is 2.50. The van der Waals surface area contributed by atoms with Gasteiger partial charge >= 0.3 is 0 Å². The van der Waals surface area contributed by atoms with E-state index in [9.17, 15) is 4.79 Å². The first kappa shape index (κ1) is 15.4. The Morgan fingerprint density at radius 1 is 1.24 bits per heavy atom. The van der Waals surface area contributed by atoms with Crippen molar-refractivity contribution in [2.24, 2.45) is 0 Å². The number of carbonyl (C=O) groups is 1. The van der Waals surface area contributed by atoms with Gasteiger partial charge < -0.3 is 16.0 Å². The predicted molar refractivity (Wildman–Crippen MR) is 90.6 cm³/mol. The molecule has 0 aromatic heterocycles. The van der Waals surface area contributed by atoms with Gasteiger partial charge in [-0.2, -0.15) is 0 Å². The van der Waals surface area contributed by atoms with Crippen molar-refractivity contribution in [2.45, 2.75) is 0 Å². The summed E-state index contributed by atoms with van der Waals surface area (Å²) in [6, 6.07) is 15.2. The summed E-state index contributed by atoms with van der Waals surface area (Å²) in [6.45, 7) is 1.31. The zero-order valence-electron chi connectivity index (χ0n) is 11.8. The monoisotopic (exact) mass is 347 g/mol. The van der Waals surface area contributed by atoms with Crippen LogP contribution in [-0.2, 0) is 0 Å². The van der Waals surface area contributed by atoms with Gasteiger partial charge in [0.25, 0.3) is 5.91 Å². The fraction of sp³-hybridized carbons (Fsp3) is 0.188. The molecule has 21 heavy (non-hydrogen) atoms. The normalized spacial score (nSPS) is 10.2. The summed E-state index contributed by atoms with van der Waals surface area (Å²) in [5.41, 5.74) is 8.03. The zero-order valence-corrected chi connectivity index (χ0v) is 13.4. The maximum Gasteiger partial charge on any atom is 0.251 e. The van der Waals surface area contributed by atoms with Crippen molar-refractivity contribution >= 4 is 33.2 Å². The summed E-state index contributed by atoms with van der Waals surface area (Å²) in [4.78, 5) is 14.1. The van der Waals surface area contributed by atoms with Gasteiger partial charge in [-0.05, 0) is 46.3 Å². The molecule has 3 N–H and O–H groups in total. The third-order valence-electron chi connectivity index (χ3n) is 3.19. The number of likely N-dealkylation sites (N-methyl/N-ethyl adjacent to an activating group) is 1. The van der Waals surface area contributed by atoms with Crippen molar-refractivity contribution in [3.63, 3.8) is 0 Å². The van der Waals surface area contributed by atoms with Gasteiger partial charge in [0.05, 0.1) is 0 Å². The van der Waals surface area contributed by atoms with E-state index < -0.39 is 0 Å². The Balaban J connectivity index is 1.85. The minimum atomic E-state index is -0.115. The number of rotatable bonds is 5. The fourth-order valence-electron chi connectivity index (χ4n) is 1.94. The van der Waals surface area contributed by atoms with E-state index in [1.807, 2.05) is 37.4 Å². The number of carbonyl (C=O) groups excluding carboxylic acids is 1. The summed E-state index contributed by atoms with van der Waals surface area (Å²) in [5.74, 6) is -0.115. The van der Waals surface area contributed by atoms with Gasteiger partial charge in [0, 0.05) is 41.5 Å². The lowest BCUT2D eigenvalue weighted by molar-refractivity contribution is 0.0955. The van der Waals surface area contributed by atoms with E-state index in [1.165, 1.54) is 0 Å². The van der Waals surface area contributed by atoms with Crippen LogP contribution in [0.3, 0.4) is 0 Å². The van der Waals surface area contributed by atoms with Crippen LogP contribution < -0.4 is 16.0 Å². The third kappa shape index (κ3) is 4.23. The molecule has 2 aromatic rings. The topological polar surface area (TPSA) is 58.4 Å². The first-order chi connectivity index (χ1) is 10.1. The van der Waals surface area contributed by atoms with Crippen molar-refractivity contribution in [1.82, 2.24) is 5.32 Å². The van der Waals surface area contributed by atoms with Gasteiger partial charge in [-0.1, -0.05) is 18.2 Å². The molecule has 0 saturated carbocycles. The zero-order chi connectivity index (χ0) is 15.2. The molecule has 0 heterocycles. The van der Waals surface area contributed by atoms with Crippen LogP contribution in [0.5, 0.6) is 0 Å². The number of nitrogens with zero attached hydrogens (tertiary/aromatic N) is 1. The molecule has 0 saturated heterocycles. The maximum atomic E-state index is 12.0. The summed E-state index contributed by atoms with van der Waals surface area (Å²) < 4.78 is 0.794. The largest absolute Gasteiger partial charge is 0.398 e. The van der Waals surface area contributed by atoms with Crippen LogP contribution in [0.4, 0.5) is 11.4 Å². The molecule has 4 nitrogen and oxygen atoms in total. The fourth-order valence-corrected chi connectivity index (χ4v) is 2.18. The Bertz CT molecular complexity index is 616. The summed E-state index contributed by atoms with van der Waals surface area (Å²) in [5, 5.41) is 2.89. The van der Waals surface area contributed by atoms with Crippen LogP contribution in [0.2, 0.25) is 0 Å². The third-order valence-corrected chi connectivity index (χ3v) is 3.91. The van der Waals surface area contributed by atoms with Crippen LogP contribution in [0.15, 0.2) is 53.0 Å². The Kier molecular flexibility index (Phi) is 5.22. The molecular formula is C16H18BrN3O. The van der Waals surface area contributed by atoms with E-state index >= 15 is 0 Å². The number of nitrogens with two attached hydrogens (primary N) is 1. The lowest BCUT2D eigenvalue weighted by atomic mass is 10.2. The van der Waals surface area contributed by atoms with Crippen LogP contribution in [0, 0.1) is 0 Å². The summed E-state index contributed by atoms with van der Waals surface area (Å²) in [6.07, 6.45) is 0. The minimum absolute atomic E-state index is 0.115. The smallest absolute Gasteiger partial charge is 0.251 e. The second-order valence-corrected chi connectivity index (χ2v) is 5.60. The molecule has 0 aliphatic rings. The number of para-hydroxylation sites is 1. The van der Waals surface area contributed by atoms with E-state index in [2.05, 4.69) is 26.1 Å². The number of hydrogen-bond acceptors (Lipinski definition) is 3. The Labute approximate surface area is 133 Å². The number of halogens is 1. The standard InChI is InChI=1S/C16H18BrN3O/c1-20(13-5-3-2-4-6-13)10-9-19-16(21)12-7-8-14(17)15(18)11-12/h2-8,11H,9-10,18H2,1H3,(H,19,21). The minimum Gasteiger partial charge on any atom is -0.398 e. The number of benzene rings is 2. The lowest BCUT2D eigenvalue weighted by Gasteiger charge is -2.19. The van der Waals surface area contributed by atoms with Gasteiger partial charge in [0.1, 0.15) is 0 Å². The molecule has 110 valence electrons. The highest BCUT2D eigenvalue weighted by Crippen LogP contribution is 2.20. The number of nitrogen functional groups attached to an aromatic ring is 1. The van der Waals surface area contributed by atoms with E-state index in [0.29, 0.717) is 17.8 Å². The van der Waals surface area contributed by atoms with Crippen LogP contribution in [0.25, 0.3) is 0 Å². The first-order valence-electron chi connectivity index (χ1n) is 6.67. The van der Waals surface area contributed by atoms with Gasteiger partial charge in [-0.3, -0.25) is 4.79 Å². The predicted octanol–water partition coefficient (Wildman–Crippen LogP) is 2.90. The number of amides is 1.